The van der Waals surface area contributed by atoms with Gasteiger partial charge in [0.25, 0.3) is 0 Å². The summed E-state index contributed by atoms with van der Waals surface area (Å²) in [5.41, 5.74) is 1.04. The molecule has 1 heterocycles. The van der Waals surface area contributed by atoms with Crippen LogP contribution in [0.15, 0.2) is 64.5 Å². The summed E-state index contributed by atoms with van der Waals surface area (Å²) in [6.07, 6.45) is -0.0251. The minimum Gasteiger partial charge on any atom is -0.383 e. The number of amides is 2. The summed E-state index contributed by atoms with van der Waals surface area (Å²) in [5.74, 6) is -0.523. The van der Waals surface area contributed by atoms with Crippen LogP contribution in [0.5, 0.6) is 0 Å². The molecule has 2 aromatic rings. The number of aliphatic imine (C=N–C) groups is 1. The van der Waals surface area contributed by atoms with Crippen molar-refractivity contribution in [3.63, 3.8) is 0 Å². The van der Waals surface area contributed by atoms with Gasteiger partial charge in [-0.2, -0.15) is 0 Å². The van der Waals surface area contributed by atoms with E-state index in [9.17, 15) is 18.0 Å². The van der Waals surface area contributed by atoms with Crippen molar-refractivity contribution in [2.24, 2.45) is 4.99 Å². The SMILES string of the molecule is COC[C@@H](C)N1C(=O)[C@@H](CC(=O)Nc2ccccc2)SC1=Nc1cccc(S(=O)(=O)N(C)C)c1. The van der Waals surface area contributed by atoms with E-state index in [1.807, 2.05) is 25.1 Å². The van der Waals surface area contributed by atoms with Crippen LogP contribution in [0.1, 0.15) is 13.3 Å². The predicted octanol–water partition coefficient (Wildman–Crippen LogP) is 2.93. The topological polar surface area (TPSA) is 108 Å². The molecule has 9 nitrogen and oxygen atoms in total. The number of thioether (sulfide) groups is 1. The molecule has 34 heavy (non-hydrogen) atoms. The second-order valence-corrected chi connectivity index (χ2v) is 11.2. The monoisotopic (exact) mass is 504 g/mol. The molecule has 2 amide bonds. The third kappa shape index (κ3) is 6.03. The molecule has 182 valence electrons. The second-order valence-electron chi connectivity index (χ2n) is 7.92. The Labute approximate surface area is 204 Å². The van der Waals surface area contributed by atoms with Gasteiger partial charge in [0.15, 0.2) is 5.17 Å². The Bertz CT molecular complexity index is 1170. The van der Waals surface area contributed by atoms with Gasteiger partial charge in [-0.15, -0.1) is 0 Å². The molecule has 2 atom stereocenters. The van der Waals surface area contributed by atoms with Gasteiger partial charge >= 0.3 is 0 Å². The minimum absolute atomic E-state index is 0.0251. The van der Waals surface area contributed by atoms with Crippen molar-refractivity contribution < 1.29 is 22.7 Å². The number of nitrogens with zero attached hydrogens (tertiary/aromatic N) is 3. The number of benzene rings is 2. The lowest BCUT2D eigenvalue weighted by atomic mass is 10.2. The Hall–Kier alpha value is -2.73. The molecule has 1 aliphatic rings. The summed E-state index contributed by atoms with van der Waals surface area (Å²) in [6, 6.07) is 14.9. The molecule has 1 fully saturated rings. The van der Waals surface area contributed by atoms with Gasteiger partial charge in [-0.3, -0.25) is 14.5 Å². The normalized spacial score (nSPS) is 18.5. The van der Waals surface area contributed by atoms with Gasteiger partial charge in [-0.25, -0.2) is 17.7 Å². The highest BCUT2D eigenvalue weighted by molar-refractivity contribution is 8.15. The van der Waals surface area contributed by atoms with E-state index < -0.39 is 15.3 Å². The van der Waals surface area contributed by atoms with E-state index >= 15 is 0 Å². The predicted molar refractivity (Wildman–Crippen MR) is 134 cm³/mol. The lowest BCUT2D eigenvalue weighted by molar-refractivity contribution is -0.130. The quantitative estimate of drug-likeness (QED) is 0.563. The van der Waals surface area contributed by atoms with E-state index in [1.54, 1.807) is 31.4 Å². The Morgan fingerprint density at radius 1 is 1.21 bits per heavy atom. The fourth-order valence-electron chi connectivity index (χ4n) is 3.35. The molecular formula is C23H28N4O5S2. The highest BCUT2D eigenvalue weighted by atomic mass is 32.2. The average molecular weight is 505 g/mol. The van der Waals surface area contributed by atoms with Crippen LogP contribution in [-0.4, -0.2) is 73.7 Å². The van der Waals surface area contributed by atoms with Crippen LogP contribution in [0.2, 0.25) is 0 Å². The van der Waals surface area contributed by atoms with Crippen LogP contribution in [0.25, 0.3) is 0 Å². The van der Waals surface area contributed by atoms with Crippen molar-refractivity contribution >= 4 is 50.1 Å². The summed E-state index contributed by atoms with van der Waals surface area (Å²) in [4.78, 5) is 32.0. The molecule has 0 aliphatic carbocycles. The highest BCUT2D eigenvalue weighted by Crippen LogP contribution is 2.34. The number of sulfonamides is 1. The first-order valence-corrected chi connectivity index (χ1v) is 12.9. The molecule has 1 N–H and O–H groups in total. The van der Waals surface area contributed by atoms with Crippen molar-refractivity contribution in [3.8, 4) is 0 Å². The van der Waals surface area contributed by atoms with E-state index in [0.717, 1.165) is 4.31 Å². The van der Waals surface area contributed by atoms with Gasteiger partial charge < -0.3 is 10.1 Å². The summed E-state index contributed by atoms with van der Waals surface area (Å²) in [5, 5.41) is 2.54. The van der Waals surface area contributed by atoms with Crippen LogP contribution in [-0.2, 0) is 24.3 Å². The van der Waals surface area contributed by atoms with Crippen molar-refractivity contribution in [1.82, 2.24) is 9.21 Å². The summed E-state index contributed by atoms with van der Waals surface area (Å²) in [7, 11) is 0.822. The fourth-order valence-corrected chi connectivity index (χ4v) is 5.54. The molecule has 1 aliphatic heterocycles. The van der Waals surface area contributed by atoms with Gasteiger partial charge in [0.1, 0.15) is 5.25 Å². The Morgan fingerprint density at radius 3 is 2.56 bits per heavy atom. The minimum atomic E-state index is -3.63. The molecule has 0 bridgehead atoms. The van der Waals surface area contributed by atoms with Crippen LogP contribution < -0.4 is 5.32 Å². The van der Waals surface area contributed by atoms with E-state index in [0.29, 0.717) is 16.5 Å². The first kappa shape index (κ1) is 25.9. The zero-order chi connectivity index (χ0) is 24.9. The van der Waals surface area contributed by atoms with E-state index in [1.165, 1.54) is 42.9 Å². The van der Waals surface area contributed by atoms with Crippen molar-refractivity contribution in [3.05, 3.63) is 54.6 Å². The Kier molecular flexibility index (Phi) is 8.47. The summed E-state index contributed by atoms with van der Waals surface area (Å²) in [6.45, 7) is 2.11. The zero-order valence-corrected chi connectivity index (χ0v) is 21.1. The van der Waals surface area contributed by atoms with Crippen LogP contribution >= 0.6 is 11.8 Å². The third-order valence-electron chi connectivity index (χ3n) is 5.06. The molecule has 2 aromatic carbocycles. The number of nitrogens with one attached hydrogen (secondary N) is 1. The second kappa shape index (κ2) is 11.1. The molecule has 11 heteroatoms. The summed E-state index contributed by atoms with van der Waals surface area (Å²) >= 11 is 1.18. The first-order valence-electron chi connectivity index (χ1n) is 10.6. The molecule has 0 aromatic heterocycles. The van der Waals surface area contributed by atoms with Crippen LogP contribution in [0.3, 0.4) is 0 Å². The number of carbonyl (C=O) groups excluding carboxylic acids is 2. The van der Waals surface area contributed by atoms with Crippen LogP contribution in [0, 0.1) is 0 Å². The van der Waals surface area contributed by atoms with Crippen molar-refractivity contribution in [1.29, 1.82) is 0 Å². The van der Waals surface area contributed by atoms with Crippen molar-refractivity contribution in [2.45, 2.75) is 29.5 Å². The molecule has 0 unspecified atom stereocenters. The van der Waals surface area contributed by atoms with Crippen molar-refractivity contribution in [2.75, 3.05) is 33.1 Å². The van der Waals surface area contributed by atoms with Gasteiger partial charge in [0.05, 0.1) is 23.2 Å². The van der Waals surface area contributed by atoms with Gasteiger partial charge in [0, 0.05) is 33.3 Å². The third-order valence-corrected chi connectivity index (χ3v) is 8.03. The molecule has 0 spiro atoms. The number of ether oxygens (including phenoxy) is 1. The summed E-state index contributed by atoms with van der Waals surface area (Å²) < 4.78 is 31.4. The fraction of sp³-hybridized carbons (Fsp3) is 0.348. The van der Waals surface area contributed by atoms with Gasteiger partial charge in [-0.05, 0) is 37.3 Å². The number of amidine groups is 1. The Morgan fingerprint density at radius 2 is 1.91 bits per heavy atom. The number of anilines is 1. The molecular weight excluding hydrogens is 476 g/mol. The highest BCUT2D eigenvalue weighted by Gasteiger charge is 2.41. The lowest BCUT2D eigenvalue weighted by Gasteiger charge is -2.23. The molecule has 0 radical (unpaired) electrons. The largest absolute Gasteiger partial charge is 0.383 e. The van der Waals surface area contributed by atoms with E-state index in [4.69, 9.17) is 4.74 Å². The Balaban J connectivity index is 1.87. The number of para-hydroxylation sites is 1. The number of methoxy groups -OCH3 is 1. The van der Waals surface area contributed by atoms with Gasteiger partial charge in [0.2, 0.25) is 21.8 Å². The maximum Gasteiger partial charge on any atom is 0.243 e. The maximum atomic E-state index is 13.2. The number of hydrogen-bond donors (Lipinski definition) is 1. The standard InChI is InChI=1S/C23H28N4O5S2/c1-16(15-32-4)27-22(29)20(14-21(28)24-17-9-6-5-7-10-17)33-23(27)25-18-11-8-12-19(13-18)34(30,31)26(2)3/h5-13,16,20H,14-15H2,1-4H3,(H,24,28)/t16-,20-/m1/s1. The van der Waals surface area contributed by atoms with Gasteiger partial charge in [-0.1, -0.05) is 36.0 Å². The van der Waals surface area contributed by atoms with E-state index in [2.05, 4.69) is 10.3 Å². The molecule has 3 rings (SSSR count). The van der Waals surface area contributed by atoms with Crippen LogP contribution in [0.4, 0.5) is 11.4 Å². The first-order chi connectivity index (χ1) is 16.1. The number of rotatable bonds is 9. The maximum absolute atomic E-state index is 13.2. The average Bonchev–Trinajstić information content (AvgIpc) is 3.09. The smallest absolute Gasteiger partial charge is 0.243 e. The molecule has 1 saturated heterocycles. The lowest BCUT2D eigenvalue weighted by Crippen LogP contribution is -2.42. The van der Waals surface area contributed by atoms with E-state index in [-0.39, 0.29) is 35.8 Å². The zero-order valence-electron chi connectivity index (χ0n) is 19.5. The number of carbonyl (C=O) groups is 2. The number of hydrogen-bond acceptors (Lipinski definition) is 7. The molecule has 0 saturated carbocycles.